The minimum Gasteiger partial charge on any atom is -0.397 e. The van der Waals surface area contributed by atoms with Gasteiger partial charge in [0.2, 0.25) is 0 Å². The normalized spacial score (nSPS) is 14.2. The van der Waals surface area contributed by atoms with Crippen LogP contribution in [0.4, 0.5) is 11.4 Å². The highest BCUT2D eigenvalue weighted by atomic mass is 16.2. The molecule has 1 aliphatic heterocycles. The van der Waals surface area contributed by atoms with Crippen LogP contribution in [-0.4, -0.2) is 37.0 Å². The van der Waals surface area contributed by atoms with E-state index in [2.05, 4.69) is 16.7 Å². The van der Waals surface area contributed by atoms with Crippen LogP contribution in [-0.2, 0) is 6.54 Å². The lowest BCUT2D eigenvalue weighted by Gasteiger charge is -2.26. The van der Waals surface area contributed by atoms with E-state index in [1.54, 1.807) is 0 Å². The quantitative estimate of drug-likeness (QED) is 0.529. The number of hydrogen-bond acceptors (Lipinski definition) is 4. The van der Waals surface area contributed by atoms with Gasteiger partial charge < -0.3 is 21.3 Å². The van der Waals surface area contributed by atoms with Crippen LogP contribution >= 0.6 is 0 Å². The van der Waals surface area contributed by atoms with Gasteiger partial charge in [0.15, 0.2) is 0 Å². The van der Waals surface area contributed by atoms with Crippen LogP contribution in [0.2, 0.25) is 0 Å². The number of carbonyl (C=O) groups is 1. The summed E-state index contributed by atoms with van der Waals surface area (Å²) in [5.74, 6) is 0.160. The average Bonchev–Trinajstić information content (AvgIpc) is 2.69. The number of nitrogen functional groups attached to an aromatic ring is 1. The Hall–Kier alpha value is -2.53. The predicted octanol–water partition coefficient (Wildman–Crippen LogP) is 3.10. The van der Waals surface area contributed by atoms with E-state index < -0.39 is 0 Å². The summed E-state index contributed by atoms with van der Waals surface area (Å²) < 4.78 is 0. The Morgan fingerprint density at radius 2 is 1.81 bits per heavy atom. The van der Waals surface area contributed by atoms with Crippen LogP contribution in [0.3, 0.4) is 0 Å². The van der Waals surface area contributed by atoms with Crippen molar-refractivity contribution in [1.29, 1.82) is 0 Å². The van der Waals surface area contributed by atoms with Gasteiger partial charge >= 0.3 is 0 Å². The molecule has 1 fully saturated rings. The van der Waals surface area contributed by atoms with Gasteiger partial charge in [0.1, 0.15) is 0 Å². The van der Waals surface area contributed by atoms with Gasteiger partial charge in [0.05, 0.1) is 11.4 Å². The SMILES string of the molecule is Nc1ccccc1NCCNCc1cccc(C(=O)N2CCCCC2)c1. The van der Waals surface area contributed by atoms with Crippen molar-refractivity contribution in [3.8, 4) is 0 Å². The Bertz CT molecular complexity index is 725. The van der Waals surface area contributed by atoms with E-state index in [9.17, 15) is 4.79 Å². The monoisotopic (exact) mass is 352 g/mol. The van der Waals surface area contributed by atoms with Gasteiger partial charge in [-0.2, -0.15) is 0 Å². The fourth-order valence-corrected chi connectivity index (χ4v) is 3.27. The minimum atomic E-state index is 0.160. The fraction of sp³-hybridized carbons (Fsp3) is 0.381. The third kappa shape index (κ3) is 4.99. The second-order valence-electron chi connectivity index (χ2n) is 6.74. The molecule has 0 atom stereocenters. The van der Waals surface area contributed by atoms with Gasteiger partial charge in [-0.1, -0.05) is 24.3 Å². The summed E-state index contributed by atoms with van der Waals surface area (Å²) in [6.07, 6.45) is 3.47. The number of likely N-dealkylation sites (tertiary alicyclic amines) is 1. The second kappa shape index (κ2) is 9.25. The van der Waals surface area contributed by atoms with Crippen LogP contribution in [0, 0.1) is 0 Å². The van der Waals surface area contributed by atoms with Gasteiger partial charge in [-0.25, -0.2) is 0 Å². The lowest BCUT2D eigenvalue weighted by molar-refractivity contribution is 0.0724. The van der Waals surface area contributed by atoms with E-state index in [1.165, 1.54) is 6.42 Å². The van der Waals surface area contributed by atoms with Gasteiger partial charge in [-0.3, -0.25) is 4.79 Å². The molecule has 0 aromatic heterocycles. The summed E-state index contributed by atoms with van der Waals surface area (Å²) in [5, 5.41) is 6.73. The number of piperidine rings is 1. The van der Waals surface area contributed by atoms with Crippen molar-refractivity contribution in [3.05, 3.63) is 59.7 Å². The lowest BCUT2D eigenvalue weighted by atomic mass is 10.1. The standard InChI is InChI=1S/C21H28N4O/c22-19-9-2-3-10-20(19)24-12-11-23-16-17-7-6-8-18(15-17)21(26)25-13-4-1-5-14-25/h2-3,6-10,15,23-24H,1,4-5,11-14,16,22H2. The molecule has 0 radical (unpaired) electrons. The second-order valence-corrected chi connectivity index (χ2v) is 6.74. The Morgan fingerprint density at radius 1 is 1.00 bits per heavy atom. The van der Waals surface area contributed by atoms with Crippen LogP contribution < -0.4 is 16.4 Å². The molecule has 0 saturated carbocycles. The van der Waals surface area contributed by atoms with E-state index in [0.29, 0.717) is 0 Å². The van der Waals surface area contributed by atoms with Crippen molar-refractivity contribution in [3.63, 3.8) is 0 Å². The van der Waals surface area contributed by atoms with E-state index >= 15 is 0 Å². The first-order chi connectivity index (χ1) is 12.7. The summed E-state index contributed by atoms with van der Waals surface area (Å²) in [6, 6.07) is 15.7. The zero-order chi connectivity index (χ0) is 18.2. The summed E-state index contributed by atoms with van der Waals surface area (Å²) in [7, 11) is 0. The first-order valence-corrected chi connectivity index (χ1v) is 9.41. The minimum absolute atomic E-state index is 0.160. The molecular formula is C21H28N4O. The first-order valence-electron chi connectivity index (χ1n) is 9.41. The Balaban J connectivity index is 1.45. The number of para-hydroxylation sites is 2. The lowest BCUT2D eigenvalue weighted by Crippen LogP contribution is -2.35. The van der Waals surface area contributed by atoms with Crippen LogP contribution in [0.15, 0.2) is 48.5 Å². The number of amides is 1. The van der Waals surface area contributed by atoms with Crippen LogP contribution in [0.5, 0.6) is 0 Å². The molecular weight excluding hydrogens is 324 g/mol. The van der Waals surface area contributed by atoms with Crippen LogP contribution in [0.25, 0.3) is 0 Å². The maximum absolute atomic E-state index is 12.6. The number of nitrogens with two attached hydrogens (primary N) is 1. The maximum atomic E-state index is 12.6. The number of carbonyl (C=O) groups excluding carboxylic acids is 1. The molecule has 0 aliphatic carbocycles. The molecule has 3 rings (SSSR count). The molecule has 1 heterocycles. The van der Waals surface area contributed by atoms with Gasteiger partial charge in [0, 0.05) is 38.3 Å². The molecule has 2 aromatic carbocycles. The molecule has 5 nitrogen and oxygen atoms in total. The zero-order valence-electron chi connectivity index (χ0n) is 15.2. The average molecular weight is 352 g/mol. The summed E-state index contributed by atoms with van der Waals surface area (Å²) in [6.45, 7) is 4.12. The third-order valence-electron chi connectivity index (χ3n) is 4.72. The third-order valence-corrected chi connectivity index (χ3v) is 4.72. The molecule has 26 heavy (non-hydrogen) atoms. The molecule has 2 aromatic rings. The van der Waals surface area contributed by atoms with Crippen molar-refractivity contribution in [2.45, 2.75) is 25.8 Å². The number of anilines is 2. The molecule has 138 valence electrons. The Morgan fingerprint density at radius 3 is 2.62 bits per heavy atom. The maximum Gasteiger partial charge on any atom is 0.253 e. The zero-order valence-corrected chi connectivity index (χ0v) is 15.2. The molecule has 1 amide bonds. The summed E-state index contributed by atoms with van der Waals surface area (Å²) in [4.78, 5) is 14.6. The number of benzene rings is 2. The van der Waals surface area contributed by atoms with Gasteiger partial charge in [-0.05, 0) is 49.1 Å². The molecule has 0 spiro atoms. The van der Waals surface area contributed by atoms with E-state index in [1.807, 2.05) is 47.4 Å². The first kappa shape index (κ1) is 18.3. The van der Waals surface area contributed by atoms with E-state index in [-0.39, 0.29) is 5.91 Å². The largest absolute Gasteiger partial charge is 0.397 e. The van der Waals surface area contributed by atoms with Crippen molar-refractivity contribution < 1.29 is 4.79 Å². The number of hydrogen-bond donors (Lipinski definition) is 3. The van der Waals surface area contributed by atoms with Crippen molar-refractivity contribution in [2.75, 3.05) is 37.2 Å². The van der Waals surface area contributed by atoms with E-state index in [0.717, 1.165) is 68.1 Å². The highest BCUT2D eigenvalue weighted by Crippen LogP contribution is 2.16. The molecule has 4 N–H and O–H groups in total. The molecule has 5 heteroatoms. The molecule has 0 unspecified atom stereocenters. The van der Waals surface area contributed by atoms with Gasteiger partial charge in [-0.15, -0.1) is 0 Å². The number of rotatable bonds is 7. The molecule has 1 aliphatic rings. The smallest absolute Gasteiger partial charge is 0.253 e. The molecule has 1 saturated heterocycles. The van der Waals surface area contributed by atoms with Crippen molar-refractivity contribution in [2.24, 2.45) is 0 Å². The van der Waals surface area contributed by atoms with Gasteiger partial charge in [0.25, 0.3) is 5.91 Å². The Labute approximate surface area is 155 Å². The highest BCUT2D eigenvalue weighted by molar-refractivity contribution is 5.94. The summed E-state index contributed by atoms with van der Waals surface area (Å²) >= 11 is 0. The summed E-state index contributed by atoms with van der Waals surface area (Å²) in [5.41, 5.74) is 9.56. The van der Waals surface area contributed by atoms with Crippen molar-refractivity contribution >= 4 is 17.3 Å². The molecule has 0 bridgehead atoms. The number of nitrogens with one attached hydrogen (secondary N) is 2. The highest BCUT2D eigenvalue weighted by Gasteiger charge is 2.18. The van der Waals surface area contributed by atoms with Crippen LogP contribution in [0.1, 0.15) is 35.2 Å². The predicted molar refractivity (Wildman–Crippen MR) is 107 cm³/mol. The van der Waals surface area contributed by atoms with Crippen molar-refractivity contribution in [1.82, 2.24) is 10.2 Å². The Kier molecular flexibility index (Phi) is 6.50. The number of nitrogens with zero attached hydrogens (tertiary/aromatic N) is 1. The van der Waals surface area contributed by atoms with E-state index in [4.69, 9.17) is 5.73 Å². The fourth-order valence-electron chi connectivity index (χ4n) is 3.27. The topological polar surface area (TPSA) is 70.4 Å².